The lowest BCUT2D eigenvalue weighted by Gasteiger charge is -2.26. The molecule has 3 heterocycles. The van der Waals surface area contributed by atoms with Gasteiger partial charge in [0.25, 0.3) is 0 Å². The summed E-state index contributed by atoms with van der Waals surface area (Å²) in [6.07, 6.45) is -2.92. The van der Waals surface area contributed by atoms with Gasteiger partial charge in [-0.25, -0.2) is 9.48 Å². The van der Waals surface area contributed by atoms with Gasteiger partial charge in [-0.2, -0.15) is 28.2 Å². The number of fused-ring (bicyclic) bond motifs is 2. The number of nitrogens with zero attached hydrogens (tertiary/aromatic N) is 5. The Hall–Kier alpha value is -4.35. The predicted octanol–water partition coefficient (Wildman–Crippen LogP) is 6.22. The van der Waals surface area contributed by atoms with Gasteiger partial charge in [0.1, 0.15) is 17.5 Å². The summed E-state index contributed by atoms with van der Waals surface area (Å²) in [7, 11) is 0. The van der Waals surface area contributed by atoms with E-state index in [2.05, 4.69) is 25.7 Å². The molecule has 12 heteroatoms. The maximum Gasteiger partial charge on any atom is 0.414 e. The fraction of sp³-hybridized carbons (Fsp3) is 0.333. The van der Waals surface area contributed by atoms with Gasteiger partial charge in [0.15, 0.2) is 5.65 Å². The van der Waals surface area contributed by atoms with Gasteiger partial charge in [-0.1, -0.05) is 30.3 Å². The lowest BCUT2D eigenvalue weighted by molar-refractivity contribution is -0.138. The highest BCUT2D eigenvalue weighted by Gasteiger charge is 2.37. The summed E-state index contributed by atoms with van der Waals surface area (Å²) in [4.78, 5) is 23.5. The van der Waals surface area contributed by atoms with Crippen molar-refractivity contribution in [3.05, 3.63) is 60.3 Å². The normalized spacial score (nSPS) is 14.3. The molecular weight excluding hydrogens is 511 g/mol. The minimum Gasteiger partial charge on any atom is -0.443 e. The number of halogens is 3. The second-order valence-electron chi connectivity index (χ2n) is 10.3. The number of hydrogen-bond acceptors (Lipinski definition) is 7. The Kier molecular flexibility index (Phi) is 6.57. The third kappa shape index (κ3) is 5.45. The molecule has 204 valence electrons. The summed E-state index contributed by atoms with van der Waals surface area (Å²) in [5.74, 6) is 0.0209. The van der Waals surface area contributed by atoms with E-state index in [1.165, 1.54) is 10.9 Å². The number of rotatable bonds is 5. The highest BCUT2D eigenvalue weighted by atomic mass is 19.4. The average molecular weight is 540 g/mol. The van der Waals surface area contributed by atoms with Crippen LogP contribution in [-0.2, 0) is 11.2 Å². The van der Waals surface area contributed by atoms with Gasteiger partial charge in [-0.15, -0.1) is 0 Å². The summed E-state index contributed by atoms with van der Waals surface area (Å²) in [5, 5.41) is 10.3. The zero-order valence-corrected chi connectivity index (χ0v) is 21.9. The molecule has 9 nitrogen and oxygen atoms in total. The van der Waals surface area contributed by atoms with Crippen LogP contribution in [0.5, 0.6) is 0 Å². The molecule has 1 aliphatic rings. The molecular formula is C27H28F3N7O2. The summed E-state index contributed by atoms with van der Waals surface area (Å²) in [6.45, 7) is 6.83. The van der Waals surface area contributed by atoms with Crippen molar-refractivity contribution in [3.63, 3.8) is 0 Å². The smallest absolute Gasteiger partial charge is 0.414 e. The Bertz CT molecular complexity index is 1510. The molecule has 0 unspecified atom stereocenters. The molecule has 1 aliphatic heterocycles. The fourth-order valence-electron chi connectivity index (χ4n) is 4.30. The first-order valence-corrected chi connectivity index (χ1v) is 12.4. The van der Waals surface area contributed by atoms with Crippen molar-refractivity contribution in [1.29, 1.82) is 0 Å². The minimum absolute atomic E-state index is 0.0221. The van der Waals surface area contributed by atoms with Crippen molar-refractivity contribution in [3.8, 4) is 5.69 Å². The van der Waals surface area contributed by atoms with E-state index in [0.29, 0.717) is 41.1 Å². The number of amides is 1. The maximum absolute atomic E-state index is 13.4. The maximum atomic E-state index is 13.4. The highest BCUT2D eigenvalue weighted by Crippen LogP contribution is 2.38. The molecule has 0 bridgehead atoms. The molecule has 0 saturated carbocycles. The zero-order valence-electron chi connectivity index (χ0n) is 21.9. The summed E-state index contributed by atoms with van der Waals surface area (Å²) >= 11 is 0. The van der Waals surface area contributed by atoms with E-state index in [0.717, 1.165) is 12.5 Å². The first kappa shape index (κ1) is 26.3. The summed E-state index contributed by atoms with van der Waals surface area (Å²) in [5.41, 5.74) is 2.38. The number of carbonyl (C=O) groups excluding carboxylic acids is 1. The van der Waals surface area contributed by atoms with Crippen molar-refractivity contribution < 1.29 is 22.7 Å². The van der Waals surface area contributed by atoms with Gasteiger partial charge in [0.2, 0.25) is 5.95 Å². The molecule has 1 amide bonds. The van der Waals surface area contributed by atoms with Gasteiger partial charge < -0.3 is 15.4 Å². The van der Waals surface area contributed by atoms with Gasteiger partial charge in [-0.05, 0) is 57.9 Å². The van der Waals surface area contributed by atoms with Crippen molar-refractivity contribution in [2.24, 2.45) is 0 Å². The van der Waals surface area contributed by atoms with Gasteiger partial charge >= 0.3 is 12.3 Å². The van der Waals surface area contributed by atoms with Crippen molar-refractivity contribution in [2.75, 3.05) is 22.1 Å². The number of benzene rings is 2. The molecule has 0 radical (unpaired) electrons. The molecule has 2 N–H and O–H groups in total. The number of para-hydroxylation sites is 2. The largest absolute Gasteiger partial charge is 0.443 e. The lowest BCUT2D eigenvalue weighted by atomic mass is 10.1. The van der Waals surface area contributed by atoms with Crippen molar-refractivity contribution >= 4 is 40.3 Å². The van der Waals surface area contributed by atoms with E-state index in [1.807, 2.05) is 42.5 Å². The van der Waals surface area contributed by atoms with E-state index in [9.17, 15) is 18.0 Å². The highest BCUT2D eigenvalue weighted by molar-refractivity contribution is 5.96. The van der Waals surface area contributed by atoms with E-state index in [-0.39, 0.29) is 11.8 Å². The molecule has 0 fully saturated rings. The Balaban J connectivity index is 1.58. The third-order valence-corrected chi connectivity index (χ3v) is 6.13. The molecule has 5 rings (SSSR count). The van der Waals surface area contributed by atoms with E-state index in [1.54, 1.807) is 31.7 Å². The SMILES string of the molecule is C[C@@H](Nc1nc(Nc2cccc3c2N(C(=O)OC(C)(C)C)CC3)nc2c1cnn2-c1ccccc1)C(F)(F)F. The first-order valence-electron chi connectivity index (χ1n) is 12.4. The van der Waals surface area contributed by atoms with Gasteiger partial charge in [0, 0.05) is 6.54 Å². The fourth-order valence-corrected chi connectivity index (χ4v) is 4.30. The molecule has 0 saturated heterocycles. The van der Waals surface area contributed by atoms with Gasteiger partial charge in [-0.3, -0.25) is 4.90 Å². The van der Waals surface area contributed by atoms with Crippen LogP contribution in [0.25, 0.3) is 16.7 Å². The molecule has 0 aliphatic carbocycles. The van der Waals surface area contributed by atoms with Crippen LogP contribution in [0, 0.1) is 0 Å². The number of ether oxygens (including phenoxy) is 1. The van der Waals surface area contributed by atoms with Crippen molar-refractivity contribution in [2.45, 2.75) is 51.9 Å². The number of aromatic nitrogens is 4. The van der Waals surface area contributed by atoms with Crippen LogP contribution >= 0.6 is 0 Å². The monoisotopic (exact) mass is 539 g/mol. The van der Waals surface area contributed by atoms with E-state index < -0.39 is 23.9 Å². The Morgan fingerprint density at radius 3 is 2.49 bits per heavy atom. The van der Waals surface area contributed by atoms with Crippen LogP contribution in [-0.4, -0.2) is 50.2 Å². The molecule has 39 heavy (non-hydrogen) atoms. The van der Waals surface area contributed by atoms with E-state index >= 15 is 0 Å². The molecule has 1 atom stereocenters. The Labute approximate surface area is 223 Å². The lowest BCUT2D eigenvalue weighted by Crippen LogP contribution is -2.36. The number of carbonyl (C=O) groups is 1. The van der Waals surface area contributed by atoms with Crippen LogP contribution in [0.2, 0.25) is 0 Å². The standard InChI is InChI=1S/C27H28F3N7O2/c1-16(27(28,29)30)32-22-19-15-31-37(18-10-6-5-7-11-18)23(19)35-24(34-22)33-20-12-8-9-17-13-14-36(21(17)20)25(38)39-26(2,3)4/h5-12,15-16H,13-14H2,1-4H3,(H2,32,33,34,35)/t16-/m1/s1. The number of nitrogens with one attached hydrogen (secondary N) is 2. The van der Waals surface area contributed by atoms with Crippen LogP contribution in [0.4, 0.5) is 41.1 Å². The number of anilines is 4. The molecule has 2 aromatic heterocycles. The van der Waals surface area contributed by atoms with Crippen LogP contribution in [0.1, 0.15) is 33.3 Å². The summed E-state index contributed by atoms with van der Waals surface area (Å²) in [6, 6.07) is 12.8. The number of alkyl halides is 3. The predicted molar refractivity (Wildman–Crippen MR) is 143 cm³/mol. The number of hydrogen-bond donors (Lipinski definition) is 2. The minimum atomic E-state index is -4.49. The Morgan fingerprint density at radius 2 is 1.79 bits per heavy atom. The van der Waals surface area contributed by atoms with E-state index in [4.69, 9.17) is 4.74 Å². The Morgan fingerprint density at radius 1 is 1.05 bits per heavy atom. The van der Waals surface area contributed by atoms with Crippen LogP contribution in [0.3, 0.4) is 0 Å². The first-order chi connectivity index (χ1) is 18.4. The van der Waals surface area contributed by atoms with Crippen LogP contribution < -0.4 is 15.5 Å². The van der Waals surface area contributed by atoms with Gasteiger partial charge in [0.05, 0.1) is 28.6 Å². The quantitative estimate of drug-likeness (QED) is 0.311. The third-order valence-electron chi connectivity index (χ3n) is 6.13. The van der Waals surface area contributed by atoms with Crippen molar-refractivity contribution in [1.82, 2.24) is 19.7 Å². The topological polar surface area (TPSA) is 97.2 Å². The second-order valence-corrected chi connectivity index (χ2v) is 10.3. The summed E-state index contributed by atoms with van der Waals surface area (Å²) < 4.78 is 47.5. The average Bonchev–Trinajstić information content (AvgIpc) is 3.48. The van der Waals surface area contributed by atoms with Crippen LogP contribution in [0.15, 0.2) is 54.7 Å². The molecule has 4 aromatic rings. The molecule has 2 aromatic carbocycles. The molecule has 0 spiro atoms. The zero-order chi connectivity index (χ0) is 27.9. The second kappa shape index (κ2) is 9.75.